The molecule has 4 rings (SSSR count). The highest BCUT2D eigenvalue weighted by molar-refractivity contribution is 9.10. The molecular formula is C25H19BrFNO3. The zero-order chi connectivity index (χ0) is 22.0. The molecule has 1 heterocycles. The first kappa shape index (κ1) is 21.0. The zero-order valence-electron chi connectivity index (χ0n) is 16.5. The van der Waals surface area contributed by atoms with Crippen molar-refractivity contribution in [1.29, 1.82) is 0 Å². The summed E-state index contributed by atoms with van der Waals surface area (Å²) < 4.78 is 14.0. The molecule has 6 heteroatoms. The number of nitrogens with zero attached hydrogens (tertiary/aromatic N) is 1. The van der Waals surface area contributed by atoms with Crippen LogP contribution in [0.3, 0.4) is 0 Å². The summed E-state index contributed by atoms with van der Waals surface area (Å²) in [5, 5.41) is 11.0. The first-order valence-electron chi connectivity index (χ1n) is 9.79. The largest absolute Gasteiger partial charge is 0.507 e. The van der Waals surface area contributed by atoms with Crippen LogP contribution >= 0.6 is 15.9 Å². The lowest BCUT2D eigenvalue weighted by Crippen LogP contribution is -2.31. The lowest BCUT2D eigenvalue weighted by Gasteiger charge is -2.25. The van der Waals surface area contributed by atoms with Crippen molar-refractivity contribution in [1.82, 2.24) is 4.90 Å². The van der Waals surface area contributed by atoms with Gasteiger partial charge in [-0.15, -0.1) is 0 Å². The smallest absolute Gasteiger partial charge is 0.295 e. The molecule has 3 aromatic carbocycles. The highest BCUT2D eigenvalue weighted by atomic mass is 79.9. The van der Waals surface area contributed by atoms with Crippen molar-refractivity contribution in [2.24, 2.45) is 0 Å². The minimum atomic E-state index is -0.714. The lowest BCUT2D eigenvalue weighted by molar-refractivity contribution is -0.139. The number of rotatable bonds is 5. The summed E-state index contributed by atoms with van der Waals surface area (Å²) >= 11 is 3.35. The Morgan fingerprint density at radius 2 is 1.58 bits per heavy atom. The summed E-state index contributed by atoms with van der Waals surface area (Å²) in [6, 6.07) is 21.4. The van der Waals surface area contributed by atoms with Gasteiger partial charge in [-0.3, -0.25) is 9.59 Å². The van der Waals surface area contributed by atoms with E-state index in [1.165, 1.54) is 17.0 Å². The van der Waals surface area contributed by atoms with Crippen LogP contribution in [-0.2, 0) is 16.0 Å². The van der Waals surface area contributed by atoms with Crippen LogP contribution in [0, 0.1) is 5.82 Å². The van der Waals surface area contributed by atoms with Gasteiger partial charge >= 0.3 is 0 Å². The fourth-order valence-corrected chi connectivity index (χ4v) is 4.02. The van der Waals surface area contributed by atoms with Gasteiger partial charge in [0.25, 0.3) is 11.7 Å². The molecule has 1 atom stereocenters. The fourth-order valence-electron chi connectivity index (χ4n) is 3.76. The van der Waals surface area contributed by atoms with E-state index in [2.05, 4.69) is 15.9 Å². The molecule has 0 radical (unpaired) electrons. The minimum Gasteiger partial charge on any atom is -0.507 e. The number of amides is 1. The van der Waals surface area contributed by atoms with Gasteiger partial charge in [0.05, 0.1) is 11.6 Å². The Morgan fingerprint density at radius 3 is 2.23 bits per heavy atom. The van der Waals surface area contributed by atoms with Gasteiger partial charge in [0.2, 0.25) is 0 Å². The van der Waals surface area contributed by atoms with E-state index in [4.69, 9.17) is 0 Å². The average Bonchev–Trinajstić information content (AvgIpc) is 3.04. The molecule has 1 N–H and O–H groups in total. The third kappa shape index (κ3) is 4.30. The van der Waals surface area contributed by atoms with Gasteiger partial charge in [-0.2, -0.15) is 0 Å². The summed E-state index contributed by atoms with van der Waals surface area (Å²) in [5.74, 6) is -1.91. The summed E-state index contributed by atoms with van der Waals surface area (Å²) in [4.78, 5) is 27.4. The number of carbonyl (C=O) groups is 2. The van der Waals surface area contributed by atoms with Crippen LogP contribution in [0.1, 0.15) is 22.7 Å². The number of hydrogen-bond acceptors (Lipinski definition) is 3. The van der Waals surface area contributed by atoms with Crippen molar-refractivity contribution in [3.05, 3.63) is 111 Å². The van der Waals surface area contributed by atoms with Crippen molar-refractivity contribution in [2.75, 3.05) is 6.54 Å². The second kappa shape index (κ2) is 8.86. The highest BCUT2D eigenvalue weighted by Crippen LogP contribution is 2.39. The van der Waals surface area contributed by atoms with E-state index in [0.29, 0.717) is 12.0 Å². The second-order valence-electron chi connectivity index (χ2n) is 7.29. The van der Waals surface area contributed by atoms with E-state index < -0.39 is 17.7 Å². The Bertz CT molecular complexity index is 1140. The predicted molar refractivity (Wildman–Crippen MR) is 120 cm³/mol. The van der Waals surface area contributed by atoms with E-state index >= 15 is 0 Å². The first-order valence-corrected chi connectivity index (χ1v) is 10.6. The third-order valence-electron chi connectivity index (χ3n) is 5.33. The summed E-state index contributed by atoms with van der Waals surface area (Å²) in [5.41, 5.74) is 2.11. The minimum absolute atomic E-state index is 0.0672. The molecule has 1 unspecified atom stereocenters. The van der Waals surface area contributed by atoms with Crippen molar-refractivity contribution in [2.45, 2.75) is 12.5 Å². The van der Waals surface area contributed by atoms with Gasteiger partial charge in [-0.25, -0.2) is 4.39 Å². The van der Waals surface area contributed by atoms with Crippen molar-refractivity contribution in [3.8, 4) is 0 Å². The molecule has 0 aliphatic carbocycles. The molecule has 1 amide bonds. The molecule has 0 aromatic heterocycles. The number of ketones is 1. The van der Waals surface area contributed by atoms with Crippen LogP contribution in [0.15, 0.2) is 88.9 Å². The Hall–Kier alpha value is -3.25. The van der Waals surface area contributed by atoms with Gasteiger partial charge in [0.1, 0.15) is 11.6 Å². The van der Waals surface area contributed by atoms with Crippen LogP contribution in [0.2, 0.25) is 0 Å². The van der Waals surface area contributed by atoms with Crippen molar-refractivity contribution < 1.29 is 19.1 Å². The van der Waals surface area contributed by atoms with E-state index in [-0.39, 0.29) is 23.7 Å². The monoisotopic (exact) mass is 479 g/mol. The highest BCUT2D eigenvalue weighted by Gasteiger charge is 2.45. The molecule has 1 fully saturated rings. The maximum absolute atomic E-state index is 13.2. The second-order valence-corrected chi connectivity index (χ2v) is 8.20. The maximum atomic E-state index is 13.2. The molecule has 1 aliphatic heterocycles. The SMILES string of the molecule is O=C1C(=O)N(CCc2ccc(F)cc2)C(c2ccccc2)/C1=C(/O)c1ccc(Br)cc1. The molecule has 4 nitrogen and oxygen atoms in total. The Morgan fingerprint density at radius 1 is 0.935 bits per heavy atom. The first-order chi connectivity index (χ1) is 15.0. The predicted octanol–water partition coefficient (Wildman–Crippen LogP) is 5.25. The number of aliphatic hydroxyl groups excluding tert-OH is 1. The molecule has 3 aromatic rings. The molecular weight excluding hydrogens is 461 g/mol. The average molecular weight is 480 g/mol. The van der Waals surface area contributed by atoms with Crippen LogP contribution in [0.5, 0.6) is 0 Å². The van der Waals surface area contributed by atoms with Crippen LogP contribution in [0.25, 0.3) is 5.76 Å². The van der Waals surface area contributed by atoms with Gasteiger partial charge < -0.3 is 10.0 Å². The van der Waals surface area contributed by atoms with Gasteiger partial charge in [-0.1, -0.05) is 70.5 Å². The van der Waals surface area contributed by atoms with E-state index in [0.717, 1.165) is 15.6 Å². The van der Waals surface area contributed by atoms with E-state index in [9.17, 15) is 19.1 Å². The third-order valence-corrected chi connectivity index (χ3v) is 5.86. The molecule has 0 saturated carbocycles. The zero-order valence-corrected chi connectivity index (χ0v) is 18.0. The molecule has 0 bridgehead atoms. The fraction of sp³-hybridized carbons (Fsp3) is 0.120. The quantitative estimate of drug-likeness (QED) is 0.308. The number of hydrogen-bond donors (Lipinski definition) is 1. The number of likely N-dealkylation sites (tertiary alicyclic amines) is 1. The molecule has 1 saturated heterocycles. The number of benzene rings is 3. The van der Waals surface area contributed by atoms with Gasteiger partial charge in [-0.05, 0) is 41.8 Å². The molecule has 31 heavy (non-hydrogen) atoms. The summed E-state index contributed by atoms with van der Waals surface area (Å²) in [7, 11) is 0. The summed E-state index contributed by atoms with van der Waals surface area (Å²) in [6.07, 6.45) is 0.453. The lowest BCUT2D eigenvalue weighted by atomic mass is 9.95. The number of Topliss-reactive ketones (excluding diaryl/α,β-unsaturated/α-hetero) is 1. The van der Waals surface area contributed by atoms with Crippen molar-refractivity contribution >= 4 is 33.4 Å². The van der Waals surface area contributed by atoms with Gasteiger partial charge in [0.15, 0.2) is 0 Å². The van der Waals surface area contributed by atoms with Gasteiger partial charge in [0, 0.05) is 16.6 Å². The standard InChI is InChI=1S/C25H19BrFNO3/c26-19-10-8-18(9-11-19)23(29)21-22(17-4-2-1-3-5-17)28(25(31)24(21)30)15-14-16-6-12-20(27)13-7-16/h1-13,22,29H,14-15H2/b23-21-. The molecule has 156 valence electrons. The number of aliphatic hydroxyl groups is 1. The van der Waals surface area contributed by atoms with Crippen LogP contribution in [0.4, 0.5) is 4.39 Å². The van der Waals surface area contributed by atoms with E-state index in [1.54, 1.807) is 36.4 Å². The Labute approximate surface area is 187 Å². The number of carbonyl (C=O) groups excluding carboxylic acids is 2. The van der Waals surface area contributed by atoms with Crippen LogP contribution in [-0.4, -0.2) is 28.2 Å². The maximum Gasteiger partial charge on any atom is 0.295 e. The molecule has 1 aliphatic rings. The Kier molecular flexibility index (Phi) is 6.00. The Balaban J connectivity index is 1.74. The summed E-state index contributed by atoms with van der Waals surface area (Å²) in [6.45, 7) is 0.257. The molecule has 0 spiro atoms. The number of halogens is 2. The topological polar surface area (TPSA) is 57.6 Å². The van der Waals surface area contributed by atoms with Crippen LogP contribution < -0.4 is 0 Å². The van der Waals surface area contributed by atoms with Crippen molar-refractivity contribution in [3.63, 3.8) is 0 Å². The van der Waals surface area contributed by atoms with E-state index in [1.807, 2.05) is 30.3 Å². The normalized spacial score (nSPS) is 17.9.